The maximum atomic E-state index is 13.0. The van der Waals surface area contributed by atoms with Gasteiger partial charge in [-0.25, -0.2) is 9.69 Å². The standard InChI is InChI=1S/C22H21IN2O6/c1-3-4-9-31-15-7-5-14(6-8-15)25-21(28)16(20(27)24-22(25)29)10-13-11-17(23)19(26)18(12-13)30-2/h5-8,10-12,26H,3-4,9H2,1-2H3,(H,24,27,29)/b16-10-. The Kier molecular flexibility index (Phi) is 7.16. The highest BCUT2D eigenvalue weighted by atomic mass is 127. The number of unbranched alkanes of at least 4 members (excludes halogenated alkanes) is 1. The van der Waals surface area contributed by atoms with Crippen LogP contribution < -0.4 is 19.7 Å². The molecule has 31 heavy (non-hydrogen) atoms. The molecule has 1 aliphatic rings. The Bertz CT molecular complexity index is 1050. The summed E-state index contributed by atoms with van der Waals surface area (Å²) in [6.45, 7) is 2.64. The molecular weight excluding hydrogens is 515 g/mol. The van der Waals surface area contributed by atoms with Gasteiger partial charge in [-0.15, -0.1) is 0 Å². The second kappa shape index (κ2) is 9.82. The van der Waals surface area contributed by atoms with E-state index in [2.05, 4.69) is 12.2 Å². The van der Waals surface area contributed by atoms with E-state index < -0.39 is 17.8 Å². The van der Waals surface area contributed by atoms with Crippen molar-refractivity contribution in [3.63, 3.8) is 0 Å². The van der Waals surface area contributed by atoms with E-state index in [1.54, 1.807) is 30.3 Å². The van der Waals surface area contributed by atoms with Crippen LogP contribution in [-0.2, 0) is 9.59 Å². The quantitative estimate of drug-likeness (QED) is 0.241. The monoisotopic (exact) mass is 536 g/mol. The van der Waals surface area contributed by atoms with E-state index >= 15 is 0 Å². The summed E-state index contributed by atoms with van der Waals surface area (Å²) in [6, 6.07) is 8.75. The number of phenolic OH excluding ortho intramolecular Hbond substituents is 1. The number of imide groups is 2. The molecule has 2 aromatic rings. The summed E-state index contributed by atoms with van der Waals surface area (Å²) in [7, 11) is 1.40. The van der Waals surface area contributed by atoms with E-state index in [9.17, 15) is 19.5 Å². The predicted molar refractivity (Wildman–Crippen MR) is 123 cm³/mol. The lowest BCUT2D eigenvalue weighted by atomic mass is 10.1. The van der Waals surface area contributed by atoms with Crippen LogP contribution >= 0.6 is 22.6 Å². The highest BCUT2D eigenvalue weighted by Crippen LogP contribution is 2.33. The number of barbiturate groups is 1. The van der Waals surface area contributed by atoms with Gasteiger partial charge in [0, 0.05) is 0 Å². The predicted octanol–water partition coefficient (Wildman–Crippen LogP) is 3.85. The van der Waals surface area contributed by atoms with Crippen LogP contribution in [0.4, 0.5) is 10.5 Å². The van der Waals surface area contributed by atoms with E-state index in [1.807, 2.05) is 22.6 Å². The summed E-state index contributed by atoms with van der Waals surface area (Å²) >= 11 is 1.91. The number of ether oxygens (including phenoxy) is 2. The van der Waals surface area contributed by atoms with Gasteiger partial charge in [-0.1, -0.05) is 13.3 Å². The maximum absolute atomic E-state index is 13.0. The second-order valence-corrected chi connectivity index (χ2v) is 7.87. The van der Waals surface area contributed by atoms with Gasteiger partial charge >= 0.3 is 6.03 Å². The Morgan fingerprint density at radius 2 is 1.87 bits per heavy atom. The van der Waals surface area contributed by atoms with Crippen molar-refractivity contribution in [3.05, 3.63) is 51.1 Å². The molecule has 0 saturated carbocycles. The van der Waals surface area contributed by atoms with Crippen LogP contribution in [0, 0.1) is 3.57 Å². The number of methoxy groups -OCH3 is 1. The van der Waals surface area contributed by atoms with Crippen molar-refractivity contribution in [3.8, 4) is 17.2 Å². The van der Waals surface area contributed by atoms with Crippen LogP contribution in [0.2, 0.25) is 0 Å². The number of anilines is 1. The lowest BCUT2D eigenvalue weighted by Gasteiger charge is -2.26. The molecule has 0 unspecified atom stereocenters. The summed E-state index contributed by atoms with van der Waals surface area (Å²) in [6.07, 6.45) is 3.28. The molecule has 0 atom stereocenters. The SMILES string of the molecule is CCCCOc1ccc(N2C(=O)NC(=O)/C(=C/c3cc(I)c(O)c(OC)c3)C2=O)cc1. The summed E-state index contributed by atoms with van der Waals surface area (Å²) in [4.78, 5) is 38.6. The van der Waals surface area contributed by atoms with Gasteiger partial charge in [-0.3, -0.25) is 14.9 Å². The molecular formula is C22H21IN2O6. The topological polar surface area (TPSA) is 105 Å². The molecule has 9 heteroatoms. The first-order chi connectivity index (χ1) is 14.8. The van der Waals surface area contributed by atoms with Crippen LogP contribution in [0.15, 0.2) is 42.0 Å². The minimum absolute atomic E-state index is 0.0391. The smallest absolute Gasteiger partial charge is 0.335 e. The van der Waals surface area contributed by atoms with Crippen LogP contribution in [0.1, 0.15) is 25.3 Å². The summed E-state index contributed by atoms with van der Waals surface area (Å²) in [5.41, 5.74) is 0.555. The molecule has 0 aliphatic carbocycles. The van der Waals surface area contributed by atoms with E-state index in [0.717, 1.165) is 17.7 Å². The van der Waals surface area contributed by atoms with Crippen molar-refractivity contribution in [2.75, 3.05) is 18.6 Å². The molecule has 0 aromatic heterocycles. The highest BCUT2D eigenvalue weighted by Gasteiger charge is 2.36. The van der Waals surface area contributed by atoms with Crippen molar-refractivity contribution in [1.82, 2.24) is 5.32 Å². The molecule has 0 radical (unpaired) electrons. The van der Waals surface area contributed by atoms with Crippen LogP contribution in [0.3, 0.4) is 0 Å². The highest BCUT2D eigenvalue weighted by molar-refractivity contribution is 14.1. The molecule has 0 bridgehead atoms. The Hall–Kier alpha value is -3.08. The van der Waals surface area contributed by atoms with E-state index in [4.69, 9.17) is 9.47 Å². The van der Waals surface area contributed by atoms with Gasteiger partial charge in [0.1, 0.15) is 11.3 Å². The number of benzene rings is 2. The molecule has 1 fully saturated rings. The van der Waals surface area contributed by atoms with Crippen molar-refractivity contribution in [1.29, 1.82) is 0 Å². The number of rotatable bonds is 7. The fourth-order valence-electron chi connectivity index (χ4n) is 2.92. The third kappa shape index (κ3) is 4.98. The minimum atomic E-state index is -0.829. The minimum Gasteiger partial charge on any atom is -0.504 e. The second-order valence-electron chi connectivity index (χ2n) is 6.71. The molecule has 1 heterocycles. The zero-order chi connectivity index (χ0) is 22.5. The number of carbonyl (C=O) groups excluding carboxylic acids is 3. The van der Waals surface area contributed by atoms with Gasteiger partial charge in [-0.05, 0) is 77.0 Å². The lowest BCUT2D eigenvalue weighted by Crippen LogP contribution is -2.54. The number of phenols is 1. The molecule has 8 nitrogen and oxygen atoms in total. The van der Waals surface area contributed by atoms with Crippen LogP contribution in [-0.4, -0.2) is 36.7 Å². The first kappa shape index (κ1) is 22.6. The fraction of sp³-hybridized carbons (Fsp3) is 0.227. The molecule has 4 amide bonds. The number of hydrogen-bond acceptors (Lipinski definition) is 6. The van der Waals surface area contributed by atoms with E-state index in [1.165, 1.54) is 19.3 Å². The van der Waals surface area contributed by atoms with E-state index in [0.29, 0.717) is 27.2 Å². The Morgan fingerprint density at radius 3 is 2.52 bits per heavy atom. The van der Waals surface area contributed by atoms with E-state index in [-0.39, 0.29) is 17.1 Å². The van der Waals surface area contributed by atoms with Gasteiger partial charge in [0.2, 0.25) is 0 Å². The van der Waals surface area contributed by atoms with Gasteiger partial charge < -0.3 is 14.6 Å². The Labute approximate surface area is 193 Å². The molecule has 162 valence electrons. The van der Waals surface area contributed by atoms with Gasteiger partial charge in [0.15, 0.2) is 11.5 Å². The lowest BCUT2D eigenvalue weighted by molar-refractivity contribution is -0.122. The zero-order valence-corrected chi connectivity index (χ0v) is 19.1. The first-order valence-corrected chi connectivity index (χ1v) is 10.6. The van der Waals surface area contributed by atoms with Crippen molar-refractivity contribution >= 4 is 52.2 Å². The third-order valence-corrected chi connectivity index (χ3v) is 5.37. The number of halogens is 1. The molecule has 1 saturated heterocycles. The van der Waals surface area contributed by atoms with Gasteiger partial charge in [0.05, 0.1) is 23.0 Å². The summed E-state index contributed by atoms with van der Waals surface area (Å²) < 4.78 is 11.2. The molecule has 3 rings (SSSR count). The van der Waals surface area contributed by atoms with Crippen molar-refractivity contribution in [2.24, 2.45) is 0 Å². The fourth-order valence-corrected chi connectivity index (χ4v) is 3.54. The largest absolute Gasteiger partial charge is 0.504 e. The first-order valence-electron chi connectivity index (χ1n) is 9.56. The maximum Gasteiger partial charge on any atom is 0.335 e. The summed E-state index contributed by atoms with van der Waals surface area (Å²) in [5, 5.41) is 12.2. The number of nitrogens with one attached hydrogen (secondary N) is 1. The normalized spacial score (nSPS) is 15.3. The summed E-state index contributed by atoms with van der Waals surface area (Å²) in [5.74, 6) is -0.764. The number of carbonyl (C=O) groups is 3. The Balaban J connectivity index is 1.90. The number of aromatic hydroxyl groups is 1. The van der Waals surface area contributed by atoms with Crippen LogP contribution in [0.5, 0.6) is 17.2 Å². The Morgan fingerprint density at radius 1 is 1.16 bits per heavy atom. The van der Waals surface area contributed by atoms with Crippen molar-refractivity contribution in [2.45, 2.75) is 19.8 Å². The number of urea groups is 1. The molecule has 2 aromatic carbocycles. The number of hydrogen-bond donors (Lipinski definition) is 2. The van der Waals surface area contributed by atoms with Crippen molar-refractivity contribution < 1.29 is 29.0 Å². The average molecular weight is 536 g/mol. The molecule has 2 N–H and O–H groups in total. The van der Waals surface area contributed by atoms with Gasteiger partial charge in [-0.2, -0.15) is 0 Å². The third-order valence-electron chi connectivity index (χ3n) is 4.54. The number of amides is 4. The number of nitrogens with zero attached hydrogens (tertiary/aromatic N) is 1. The average Bonchev–Trinajstić information content (AvgIpc) is 2.74. The zero-order valence-electron chi connectivity index (χ0n) is 17.0. The molecule has 0 spiro atoms. The van der Waals surface area contributed by atoms with Crippen LogP contribution in [0.25, 0.3) is 6.08 Å². The molecule has 1 aliphatic heterocycles. The van der Waals surface area contributed by atoms with Gasteiger partial charge in [0.25, 0.3) is 11.8 Å².